The summed E-state index contributed by atoms with van der Waals surface area (Å²) in [6.07, 6.45) is 9.70. The molecule has 1 aromatic heterocycles. The van der Waals surface area contributed by atoms with Crippen LogP contribution in [0.15, 0.2) is 95.4 Å². The minimum Gasteiger partial charge on any atom is -0.457 e. The minimum atomic E-state index is -0.124. The molecule has 4 atom stereocenters. The number of benzene rings is 6. The third kappa shape index (κ3) is 5.76. The van der Waals surface area contributed by atoms with Gasteiger partial charge >= 0.3 is 0 Å². The molecule has 13 rings (SSSR count). The van der Waals surface area contributed by atoms with E-state index in [0.29, 0.717) is 0 Å². The van der Waals surface area contributed by atoms with Gasteiger partial charge in [-0.25, -0.2) is 0 Å². The van der Waals surface area contributed by atoms with Gasteiger partial charge in [-0.15, -0.1) is 0 Å². The van der Waals surface area contributed by atoms with E-state index >= 15 is 0 Å². The van der Waals surface area contributed by atoms with Gasteiger partial charge in [0.15, 0.2) is 0 Å². The van der Waals surface area contributed by atoms with E-state index in [4.69, 9.17) is 4.42 Å². The molecule has 0 spiro atoms. The highest BCUT2D eigenvalue weighted by Gasteiger charge is 2.63. The average Bonchev–Trinajstić information content (AvgIpc) is 3.86. The lowest BCUT2D eigenvalue weighted by atomic mass is 9.33. The summed E-state index contributed by atoms with van der Waals surface area (Å²) in [4.78, 5) is 8.54. The van der Waals surface area contributed by atoms with Gasteiger partial charge < -0.3 is 19.1 Å². The van der Waals surface area contributed by atoms with E-state index in [1.54, 1.807) is 5.56 Å². The second kappa shape index (κ2) is 14.2. The van der Waals surface area contributed by atoms with Gasteiger partial charge in [0.25, 0.3) is 6.71 Å². The molecular formula is C66H76BN3O. The first kappa shape index (κ1) is 45.4. The molecule has 6 aliphatic rings. The molecule has 2 aliphatic carbocycles. The van der Waals surface area contributed by atoms with Gasteiger partial charge in [-0.1, -0.05) is 156 Å². The van der Waals surface area contributed by atoms with Crippen LogP contribution < -0.4 is 31.1 Å². The number of aryl methyl sites for hydroxylation is 2. The highest BCUT2D eigenvalue weighted by atomic mass is 16.3. The number of fused-ring (bicyclic) bond motifs is 14. The van der Waals surface area contributed by atoms with E-state index in [1.165, 1.54) is 139 Å². The normalized spacial score (nSPS) is 25.3. The predicted octanol–water partition coefficient (Wildman–Crippen LogP) is 16.2. The van der Waals surface area contributed by atoms with Crippen molar-refractivity contribution in [3.05, 3.63) is 130 Å². The first-order valence-corrected chi connectivity index (χ1v) is 27.4. The Bertz CT molecular complexity index is 3440. The Hall–Kier alpha value is -5.42. The van der Waals surface area contributed by atoms with E-state index in [1.807, 2.05) is 0 Å². The summed E-state index contributed by atoms with van der Waals surface area (Å²) in [5.41, 5.74) is 25.2. The second-order valence-electron chi connectivity index (χ2n) is 27.3. The van der Waals surface area contributed by atoms with Crippen molar-refractivity contribution in [2.75, 3.05) is 14.7 Å². The standard InChI is InChI=1S/C66H76BN3O/c1-39-32-42(61(6,7)8)33-40(2)57(39)68-51-27-25-46-45-22-16-17-23-54(45)71-59(46)56(51)67-49-36-43(62(9,10)11)35-48-58(49)70(66(15)31-21-19-29-64(48,66)13)53-38-44(37-52(68)55(53)67)69-50-26-24-41(60(3,4)5)34-47(50)63(12)28-18-20-30-65(63,69)14/h16-17,22-27,32-38H,18-21,28-31H2,1-15H3. The van der Waals surface area contributed by atoms with Gasteiger partial charge in [0.05, 0.1) is 16.8 Å². The third-order valence-corrected chi connectivity index (χ3v) is 20.2. The highest BCUT2D eigenvalue weighted by molar-refractivity contribution is 7.01. The summed E-state index contributed by atoms with van der Waals surface area (Å²) >= 11 is 0. The van der Waals surface area contributed by atoms with Crippen LogP contribution in [0.5, 0.6) is 0 Å². The quantitative estimate of drug-likeness (QED) is 0.161. The van der Waals surface area contributed by atoms with Gasteiger partial charge in [-0.3, -0.25) is 0 Å². The predicted molar refractivity (Wildman–Crippen MR) is 304 cm³/mol. The summed E-state index contributed by atoms with van der Waals surface area (Å²) in [6, 6.07) is 36.8. The third-order valence-electron chi connectivity index (χ3n) is 20.2. The topological polar surface area (TPSA) is 22.9 Å². The number of hydrogen-bond donors (Lipinski definition) is 0. The summed E-state index contributed by atoms with van der Waals surface area (Å²) in [5, 5.41) is 2.38. The number of nitrogens with zero attached hydrogens (tertiary/aromatic N) is 3. The maximum Gasteiger partial charge on any atom is 0.257 e. The monoisotopic (exact) mass is 938 g/mol. The number of anilines is 7. The van der Waals surface area contributed by atoms with E-state index in [0.717, 1.165) is 24.0 Å². The number of furan rings is 1. The zero-order valence-corrected chi connectivity index (χ0v) is 45.6. The van der Waals surface area contributed by atoms with Gasteiger partial charge in [0.2, 0.25) is 0 Å². The molecule has 5 heteroatoms. The van der Waals surface area contributed by atoms with E-state index in [-0.39, 0.29) is 44.9 Å². The van der Waals surface area contributed by atoms with Crippen molar-refractivity contribution in [3.63, 3.8) is 0 Å². The minimum absolute atomic E-state index is 0.00263. The number of para-hydroxylation sites is 1. The fraction of sp³-hybridized carbons (Fsp3) is 0.455. The largest absolute Gasteiger partial charge is 0.457 e. The maximum atomic E-state index is 7.30. The molecule has 364 valence electrons. The lowest BCUT2D eigenvalue weighted by Gasteiger charge is -2.54. The molecule has 6 aromatic carbocycles. The Morgan fingerprint density at radius 3 is 1.72 bits per heavy atom. The molecule has 0 saturated heterocycles. The highest BCUT2D eigenvalue weighted by Crippen LogP contribution is 2.65. The van der Waals surface area contributed by atoms with Gasteiger partial charge in [0, 0.05) is 55.7 Å². The zero-order valence-electron chi connectivity index (χ0n) is 45.6. The molecule has 2 saturated carbocycles. The van der Waals surface area contributed by atoms with Crippen LogP contribution in [0.2, 0.25) is 0 Å². The molecule has 4 nitrogen and oxygen atoms in total. The summed E-state index contributed by atoms with van der Waals surface area (Å²) in [6.45, 7) is 36.7. The van der Waals surface area contributed by atoms with Crippen molar-refractivity contribution in [1.29, 1.82) is 0 Å². The van der Waals surface area contributed by atoms with Crippen LogP contribution in [0.4, 0.5) is 39.8 Å². The van der Waals surface area contributed by atoms with Crippen LogP contribution in [0.3, 0.4) is 0 Å². The van der Waals surface area contributed by atoms with E-state index in [2.05, 4.69) is 210 Å². The van der Waals surface area contributed by atoms with Crippen molar-refractivity contribution in [1.82, 2.24) is 0 Å². The van der Waals surface area contributed by atoms with Crippen molar-refractivity contribution >= 4 is 84.9 Å². The van der Waals surface area contributed by atoms with Crippen molar-refractivity contribution in [3.8, 4) is 0 Å². The average molecular weight is 938 g/mol. The Morgan fingerprint density at radius 1 is 0.493 bits per heavy atom. The van der Waals surface area contributed by atoms with Crippen molar-refractivity contribution < 1.29 is 4.42 Å². The Kier molecular flexibility index (Phi) is 9.09. The lowest BCUT2D eigenvalue weighted by molar-refractivity contribution is 0.194. The Morgan fingerprint density at radius 2 is 1.06 bits per heavy atom. The molecule has 0 amide bonds. The van der Waals surface area contributed by atoms with Crippen molar-refractivity contribution in [2.45, 2.75) is 193 Å². The molecule has 0 N–H and O–H groups in total. The molecule has 2 fully saturated rings. The molecule has 5 heterocycles. The van der Waals surface area contributed by atoms with Crippen LogP contribution in [0, 0.1) is 13.8 Å². The fourth-order valence-electron chi connectivity index (χ4n) is 15.7. The summed E-state index contributed by atoms with van der Waals surface area (Å²) in [7, 11) is 0. The van der Waals surface area contributed by atoms with Crippen LogP contribution in [0.1, 0.15) is 180 Å². The second-order valence-corrected chi connectivity index (χ2v) is 27.3. The lowest BCUT2D eigenvalue weighted by Crippen LogP contribution is -2.65. The Balaban J connectivity index is 1.20. The zero-order chi connectivity index (χ0) is 49.9. The SMILES string of the molecule is Cc1cc(C(C)(C)C)cc(C)c1N1c2cc(N3c4ccc(C(C)(C)C)cc4C4(C)CCCCC34C)cc3c2B(c2cc(C(C)(C)C)cc4c2N3C2(C)CCCCC42C)c2c1ccc1c2oc2ccccc21. The van der Waals surface area contributed by atoms with E-state index < -0.39 is 0 Å². The maximum absolute atomic E-state index is 7.30. The van der Waals surface area contributed by atoms with Crippen LogP contribution in [-0.4, -0.2) is 17.8 Å². The molecule has 7 aromatic rings. The molecule has 4 unspecified atom stereocenters. The number of hydrogen-bond acceptors (Lipinski definition) is 4. The first-order chi connectivity index (χ1) is 33.4. The molecule has 71 heavy (non-hydrogen) atoms. The molecule has 0 radical (unpaired) electrons. The molecular weight excluding hydrogens is 862 g/mol. The van der Waals surface area contributed by atoms with E-state index in [9.17, 15) is 0 Å². The first-order valence-electron chi connectivity index (χ1n) is 27.4. The summed E-state index contributed by atoms with van der Waals surface area (Å²) < 4.78 is 7.30. The van der Waals surface area contributed by atoms with Crippen molar-refractivity contribution in [2.24, 2.45) is 0 Å². The fourth-order valence-corrected chi connectivity index (χ4v) is 15.7. The van der Waals surface area contributed by atoms with Gasteiger partial charge in [0.1, 0.15) is 11.2 Å². The van der Waals surface area contributed by atoms with Crippen LogP contribution in [0.25, 0.3) is 21.9 Å². The molecule has 4 aliphatic heterocycles. The smallest absolute Gasteiger partial charge is 0.257 e. The van der Waals surface area contributed by atoms with Gasteiger partial charge in [-0.2, -0.15) is 0 Å². The Labute approximate surface area is 425 Å². The molecule has 0 bridgehead atoms. The van der Waals surface area contributed by atoms with Crippen LogP contribution >= 0.6 is 0 Å². The van der Waals surface area contributed by atoms with Gasteiger partial charge in [-0.05, 0) is 161 Å². The number of rotatable bonds is 2. The van der Waals surface area contributed by atoms with Crippen LogP contribution in [-0.2, 0) is 27.1 Å². The summed E-state index contributed by atoms with van der Waals surface area (Å²) in [5.74, 6) is 0.